The Morgan fingerprint density at radius 1 is 1.41 bits per heavy atom. The quantitative estimate of drug-likeness (QED) is 0.423. The lowest BCUT2D eigenvalue weighted by atomic mass is 9.67. The second kappa shape index (κ2) is 7.74. The first-order chi connectivity index (χ1) is 13.6. The molecule has 1 aromatic carbocycles. The Hall–Kier alpha value is -2.48. The van der Waals surface area contributed by atoms with Crippen molar-refractivity contribution >= 4 is 5.97 Å². The van der Waals surface area contributed by atoms with Crippen molar-refractivity contribution in [2.24, 2.45) is 5.92 Å². The van der Waals surface area contributed by atoms with E-state index in [0.29, 0.717) is 30.1 Å². The Morgan fingerprint density at radius 3 is 2.83 bits per heavy atom. The van der Waals surface area contributed by atoms with Crippen LogP contribution in [0.2, 0.25) is 0 Å². The molecule has 0 spiro atoms. The van der Waals surface area contributed by atoms with E-state index in [9.17, 15) is 9.90 Å². The average Bonchev–Trinajstić information content (AvgIpc) is 2.63. The highest BCUT2D eigenvalue weighted by Crippen LogP contribution is 2.54. The molecule has 0 bridgehead atoms. The van der Waals surface area contributed by atoms with E-state index < -0.39 is 5.41 Å². The molecule has 156 valence electrons. The van der Waals surface area contributed by atoms with Crippen LogP contribution in [0, 0.1) is 17.2 Å². The van der Waals surface area contributed by atoms with Gasteiger partial charge in [-0.05, 0) is 71.6 Å². The van der Waals surface area contributed by atoms with Gasteiger partial charge in [0, 0.05) is 23.8 Å². The highest BCUT2D eigenvalue weighted by Gasteiger charge is 2.46. The molecule has 29 heavy (non-hydrogen) atoms. The van der Waals surface area contributed by atoms with Gasteiger partial charge >= 0.3 is 5.97 Å². The Kier molecular flexibility index (Phi) is 5.67. The molecule has 0 saturated heterocycles. The van der Waals surface area contributed by atoms with Crippen LogP contribution in [0.3, 0.4) is 0 Å². The SMILES string of the molecule is CC1=CC[C@@H]2[C@@H](C1)c1c(O)cc(C(C)(C)C(=O)OCCCC#N)cc1OC2(C)C. The Balaban J connectivity index is 1.93. The molecule has 2 atom stereocenters. The van der Waals surface area contributed by atoms with Crippen molar-refractivity contribution in [3.63, 3.8) is 0 Å². The number of carbonyl (C=O) groups is 1. The summed E-state index contributed by atoms with van der Waals surface area (Å²) in [6, 6.07) is 5.61. The zero-order chi connectivity index (χ0) is 21.4. The third-order valence-corrected chi connectivity index (χ3v) is 6.40. The number of nitrogens with zero attached hydrogens (tertiary/aromatic N) is 1. The highest BCUT2D eigenvalue weighted by atomic mass is 16.5. The van der Waals surface area contributed by atoms with E-state index in [1.54, 1.807) is 19.9 Å². The predicted molar refractivity (Wildman–Crippen MR) is 111 cm³/mol. The Labute approximate surface area is 173 Å². The number of aromatic hydroxyl groups is 1. The Bertz CT molecular complexity index is 876. The molecule has 1 heterocycles. The molecular weight excluding hydrogens is 366 g/mol. The van der Waals surface area contributed by atoms with E-state index in [4.69, 9.17) is 14.7 Å². The third kappa shape index (κ3) is 3.99. The molecule has 1 aromatic rings. The molecule has 0 saturated carbocycles. The van der Waals surface area contributed by atoms with Gasteiger partial charge in [0.15, 0.2) is 0 Å². The van der Waals surface area contributed by atoms with Crippen LogP contribution in [0.4, 0.5) is 0 Å². The van der Waals surface area contributed by atoms with E-state index in [-0.39, 0.29) is 29.8 Å². The monoisotopic (exact) mass is 397 g/mol. The number of hydrogen-bond donors (Lipinski definition) is 1. The summed E-state index contributed by atoms with van der Waals surface area (Å²) >= 11 is 0. The van der Waals surface area contributed by atoms with Crippen molar-refractivity contribution in [3.05, 3.63) is 34.9 Å². The molecule has 1 N–H and O–H groups in total. The van der Waals surface area contributed by atoms with Gasteiger partial charge in [0.1, 0.15) is 17.1 Å². The molecular formula is C24H31NO4. The second-order valence-corrected chi connectivity index (χ2v) is 9.34. The summed E-state index contributed by atoms with van der Waals surface area (Å²) in [7, 11) is 0. The van der Waals surface area contributed by atoms with Crippen molar-refractivity contribution in [2.75, 3.05) is 6.61 Å². The number of rotatable bonds is 5. The molecule has 0 fully saturated rings. The van der Waals surface area contributed by atoms with Gasteiger partial charge < -0.3 is 14.6 Å². The van der Waals surface area contributed by atoms with Crippen LogP contribution in [0.5, 0.6) is 11.5 Å². The van der Waals surface area contributed by atoms with Crippen molar-refractivity contribution < 1.29 is 19.4 Å². The van der Waals surface area contributed by atoms with Crippen molar-refractivity contribution in [1.82, 2.24) is 0 Å². The predicted octanol–water partition coefficient (Wildman–Crippen LogP) is 5.13. The standard InChI is InChI=1S/C24H31NO4/c1-15-8-9-18-17(12-15)21-19(26)13-16(14-20(21)29-24(18,4)5)23(2,3)22(27)28-11-7-6-10-25/h8,13-14,17-18,26H,6-7,9,11-12H2,1-5H3/t17-,18-/m1/s1. The summed E-state index contributed by atoms with van der Waals surface area (Å²) in [5.74, 6) is 0.968. The van der Waals surface area contributed by atoms with Crippen molar-refractivity contribution in [2.45, 2.75) is 77.2 Å². The lowest BCUT2D eigenvalue weighted by Crippen LogP contribution is -2.45. The average molecular weight is 398 g/mol. The number of phenolic OH excluding ortho intramolecular Hbond substituents is 1. The number of esters is 1. The molecule has 1 aliphatic heterocycles. The summed E-state index contributed by atoms with van der Waals surface area (Å²) in [6.45, 7) is 10.1. The molecule has 1 aliphatic carbocycles. The molecule has 0 unspecified atom stereocenters. The number of phenols is 1. The molecule has 0 aromatic heterocycles. The normalized spacial score (nSPS) is 22.4. The van der Waals surface area contributed by atoms with E-state index in [0.717, 1.165) is 18.4 Å². The maximum absolute atomic E-state index is 12.7. The van der Waals surface area contributed by atoms with Crippen LogP contribution in [0.25, 0.3) is 0 Å². The Morgan fingerprint density at radius 2 is 2.14 bits per heavy atom. The first-order valence-corrected chi connectivity index (χ1v) is 10.3. The number of benzene rings is 1. The van der Waals surface area contributed by atoms with Gasteiger partial charge in [0.2, 0.25) is 0 Å². The first-order valence-electron chi connectivity index (χ1n) is 10.3. The largest absolute Gasteiger partial charge is 0.508 e. The molecule has 3 rings (SSSR count). The summed E-state index contributed by atoms with van der Waals surface area (Å²) in [5.41, 5.74) is 1.55. The molecule has 0 amide bonds. The van der Waals surface area contributed by atoms with E-state index in [1.807, 2.05) is 12.1 Å². The first kappa shape index (κ1) is 21.2. The van der Waals surface area contributed by atoms with E-state index in [1.165, 1.54) is 5.57 Å². The van der Waals surface area contributed by atoms with E-state index >= 15 is 0 Å². The van der Waals surface area contributed by atoms with Crippen LogP contribution in [0.15, 0.2) is 23.8 Å². The minimum Gasteiger partial charge on any atom is -0.508 e. The fraction of sp³-hybridized carbons (Fsp3) is 0.583. The number of carbonyl (C=O) groups excluding carboxylic acids is 1. The van der Waals surface area contributed by atoms with Gasteiger partial charge in [-0.2, -0.15) is 5.26 Å². The summed E-state index contributed by atoms with van der Waals surface area (Å²) in [6.07, 6.45) is 4.98. The lowest BCUT2D eigenvalue weighted by Gasteiger charge is -2.47. The lowest BCUT2D eigenvalue weighted by molar-refractivity contribution is -0.149. The fourth-order valence-electron chi connectivity index (χ4n) is 4.54. The third-order valence-electron chi connectivity index (χ3n) is 6.40. The maximum Gasteiger partial charge on any atom is 0.315 e. The van der Waals surface area contributed by atoms with Crippen molar-refractivity contribution in [1.29, 1.82) is 5.26 Å². The molecule has 5 heteroatoms. The number of hydrogen-bond acceptors (Lipinski definition) is 5. The zero-order valence-electron chi connectivity index (χ0n) is 18.0. The number of nitriles is 1. The number of fused-ring (bicyclic) bond motifs is 3. The number of allylic oxidation sites excluding steroid dienone is 2. The highest BCUT2D eigenvalue weighted by molar-refractivity contribution is 5.82. The molecule has 2 aliphatic rings. The van der Waals surface area contributed by atoms with Crippen LogP contribution in [0.1, 0.15) is 77.3 Å². The van der Waals surface area contributed by atoms with Gasteiger partial charge in [0.25, 0.3) is 0 Å². The van der Waals surface area contributed by atoms with Gasteiger partial charge in [-0.15, -0.1) is 0 Å². The maximum atomic E-state index is 12.7. The molecule has 5 nitrogen and oxygen atoms in total. The van der Waals surface area contributed by atoms with Crippen LogP contribution < -0.4 is 4.74 Å². The van der Waals surface area contributed by atoms with Gasteiger partial charge in [-0.3, -0.25) is 4.79 Å². The zero-order valence-corrected chi connectivity index (χ0v) is 18.0. The topological polar surface area (TPSA) is 79.5 Å². The second-order valence-electron chi connectivity index (χ2n) is 9.34. The minimum absolute atomic E-state index is 0.183. The summed E-state index contributed by atoms with van der Waals surface area (Å²) in [5, 5.41) is 19.6. The van der Waals surface area contributed by atoms with Crippen LogP contribution in [-0.2, 0) is 14.9 Å². The minimum atomic E-state index is -0.939. The van der Waals surface area contributed by atoms with Gasteiger partial charge in [-0.1, -0.05) is 11.6 Å². The van der Waals surface area contributed by atoms with Gasteiger partial charge in [-0.25, -0.2) is 0 Å². The van der Waals surface area contributed by atoms with Crippen LogP contribution in [-0.4, -0.2) is 23.3 Å². The fourth-order valence-corrected chi connectivity index (χ4v) is 4.54. The number of unbranched alkanes of at least 4 members (excludes halogenated alkanes) is 1. The molecule has 0 radical (unpaired) electrons. The summed E-state index contributed by atoms with van der Waals surface area (Å²) in [4.78, 5) is 12.7. The van der Waals surface area contributed by atoms with Crippen molar-refractivity contribution in [3.8, 4) is 17.6 Å². The van der Waals surface area contributed by atoms with Gasteiger partial charge in [0.05, 0.1) is 18.1 Å². The van der Waals surface area contributed by atoms with Crippen LogP contribution >= 0.6 is 0 Å². The van der Waals surface area contributed by atoms with E-state index in [2.05, 4.69) is 26.8 Å². The smallest absolute Gasteiger partial charge is 0.315 e. The number of ether oxygens (including phenoxy) is 2. The summed E-state index contributed by atoms with van der Waals surface area (Å²) < 4.78 is 11.7.